The minimum atomic E-state index is -4.08. The minimum Gasteiger partial charge on any atom is -0.487 e. The zero-order valence-electron chi connectivity index (χ0n) is 10.5. The van der Waals surface area contributed by atoms with Crippen LogP contribution in [-0.4, -0.2) is 39.3 Å². The van der Waals surface area contributed by atoms with Crippen molar-refractivity contribution in [3.05, 3.63) is 23.8 Å². The largest absolute Gasteiger partial charge is 0.487 e. The number of aromatic carboxylic acids is 1. The lowest BCUT2D eigenvalue weighted by Gasteiger charge is -2.16. The Balaban J connectivity index is 3.21. The predicted octanol–water partition coefficient (Wildman–Crippen LogP) is 0.446. The molecule has 7 nitrogen and oxygen atoms in total. The summed E-state index contributed by atoms with van der Waals surface area (Å²) < 4.78 is 33.1. The van der Waals surface area contributed by atoms with E-state index >= 15 is 0 Å². The maximum atomic E-state index is 11.4. The third kappa shape index (κ3) is 4.19. The number of rotatable bonds is 6. The molecule has 0 fully saturated rings. The lowest BCUT2D eigenvalue weighted by Crippen LogP contribution is -2.21. The van der Waals surface area contributed by atoms with Crippen LogP contribution in [0.25, 0.3) is 0 Å². The third-order valence-corrected chi connectivity index (χ3v) is 3.16. The summed E-state index contributed by atoms with van der Waals surface area (Å²) in [5, 5.41) is 13.9. The second-order valence-electron chi connectivity index (χ2n) is 3.90. The van der Waals surface area contributed by atoms with Crippen molar-refractivity contribution in [1.29, 1.82) is 0 Å². The lowest BCUT2D eigenvalue weighted by molar-refractivity contribution is 0.0696. The zero-order valence-corrected chi connectivity index (χ0v) is 11.3. The molecular formula is C11H15NO6S. The first kappa shape index (κ1) is 15.4. The van der Waals surface area contributed by atoms with E-state index in [1.165, 1.54) is 19.2 Å². The van der Waals surface area contributed by atoms with E-state index < -0.39 is 22.1 Å². The van der Waals surface area contributed by atoms with Crippen molar-refractivity contribution in [2.24, 2.45) is 5.14 Å². The molecule has 19 heavy (non-hydrogen) atoms. The van der Waals surface area contributed by atoms with E-state index in [9.17, 15) is 13.2 Å². The molecule has 106 valence electrons. The van der Waals surface area contributed by atoms with Gasteiger partial charge in [0.15, 0.2) is 0 Å². The SMILES string of the molecule is COCC(C)Oc1ccc(C(=O)O)cc1S(N)(=O)=O. The first-order chi connectivity index (χ1) is 8.75. The highest BCUT2D eigenvalue weighted by Crippen LogP contribution is 2.25. The zero-order chi connectivity index (χ0) is 14.6. The van der Waals surface area contributed by atoms with Gasteiger partial charge in [0.1, 0.15) is 16.7 Å². The van der Waals surface area contributed by atoms with Gasteiger partial charge >= 0.3 is 5.97 Å². The van der Waals surface area contributed by atoms with E-state index in [1.807, 2.05) is 0 Å². The minimum absolute atomic E-state index is 0.00273. The van der Waals surface area contributed by atoms with Gasteiger partial charge in [-0.1, -0.05) is 0 Å². The second-order valence-corrected chi connectivity index (χ2v) is 5.43. The van der Waals surface area contributed by atoms with E-state index in [4.69, 9.17) is 19.7 Å². The summed E-state index contributed by atoms with van der Waals surface area (Å²) in [6, 6.07) is 3.47. The predicted molar refractivity (Wildman–Crippen MR) is 66.7 cm³/mol. The number of carboxylic acid groups (broad SMARTS) is 1. The molecule has 0 spiro atoms. The Morgan fingerprint density at radius 3 is 2.58 bits per heavy atom. The van der Waals surface area contributed by atoms with E-state index in [0.29, 0.717) is 0 Å². The number of methoxy groups -OCH3 is 1. The summed E-state index contributed by atoms with van der Waals surface area (Å²) in [6.45, 7) is 1.94. The number of benzene rings is 1. The fraction of sp³-hybridized carbons (Fsp3) is 0.364. The standard InChI is InChI=1S/C11H15NO6S/c1-7(6-17-2)18-9-4-3-8(11(13)14)5-10(9)19(12,15)16/h3-5,7H,6H2,1-2H3,(H,13,14)(H2,12,15,16). The number of ether oxygens (including phenoxy) is 2. The van der Waals surface area contributed by atoms with Crippen molar-refractivity contribution in [3.8, 4) is 5.75 Å². The van der Waals surface area contributed by atoms with Crippen LogP contribution in [0.3, 0.4) is 0 Å². The fourth-order valence-corrected chi connectivity index (χ4v) is 2.13. The molecule has 1 atom stereocenters. The Hall–Kier alpha value is -1.64. The lowest BCUT2D eigenvalue weighted by atomic mass is 10.2. The Morgan fingerprint density at radius 1 is 1.47 bits per heavy atom. The highest BCUT2D eigenvalue weighted by atomic mass is 32.2. The van der Waals surface area contributed by atoms with Crippen LogP contribution in [0.5, 0.6) is 5.75 Å². The number of primary sulfonamides is 1. The summed E-state index contributed by atoms with van der Waals surface area (Å²) in [5.74, 6) is -1.25. The van der Waals surface area contributed by atoms with Gasteiger partial charge in [0, 0.05) is 7.11 Å². The number of carbonyl (C=O) groups is 1. The van der Waals surface area contributed by atoms with Gasteiger partial charge in [-0.3, -0.25) is 0 Å². The van der Waals surface area contributed by atoms with Crippen molar-refractivity contribution < 1.29 is 27.8 Å². The smallest absolute Gasteiger partial charge is 0.335 e. The Kier molecular flexibility index (Phi) is 4.87. The summed E-state index contributed by atoms with van der Waals surface area (Å²) in [4.78, 5) is 10.5. The molecule has 1 unspecified atom stereocenters. The summed E-state index contributed by atoms with van der Waals surface area (Å²) in [5.41, 5.74) is -0.184. The van der Waals surface area contributed by atoms with E-state index in [0.717, 1.165) is 6.07 Å². The van der Waals surface area contributed by atoms with Crippen LogP contribution >= 0.6 is 0 Å². The van der Waals surface area contributed by atoms with Gasteiger partial charge in [0.25, 0.3) is 0 Å². The normalized spacial score (nSPS) is 13.0. The monoisotopic (exact) mass is 289 g/mol. The van der Waals surface area contributed by atoms with Gasteiger partial charge in [-0.25, -0.2) is 18.4 Å². The Bertz CT molecular complexity index is 569. The van der Waals surface area contributed by atoms with Gasteiger partial charge in [-0.15, -0.1) is 0 Å². The van der Waals surface area contributed by atoms with Crippen LogP contribution in [0, 0.1) is 0 Å². The molecule has 0 saturated heterocycles. The molecule has 0 aliphatic heterocycles. The van der Waals surface area contributed by atoms with Crippen molar-refractivity contribution in [3.63, 3.8) is 0 Å². The number of sulfonamides is 1. The Morgan fingerprint density at radius 2 is 2.11 bits per heavy atom. The molecule has 1 rings (SSSR count). The highest BCUT2D eigenvalue weighted by Gasteiger charge is 2.19. The number of carboxylic acids is 1. The molecule has 1 aromatic rings. The molecule has 0 aromatic heterocycles. The third-order valence-electron chi connectivity index (χ3n) is 2.23. The highest BCUT2D eigenvalue weighted by molar-refractivity contribution is 7.89. The number of hydrogen-bond donors (Lipinski definition) is 2. The molecule has 0 aliphatic carbocycles. The molecular weight excluding hydrogens is 274 g/mol. The fourth-order valence-electron chi connectivity index (χ4n) is 1.45. The molecule has 0 bridgehead atoms. The summed E-state index contributed by atoms with van der Waals surface area (Å²) >= 11 is 0. The topological polar surface area (TPSA) is 116 Å². The molecule has 0 amide bonds. The average Bonchev–Trinajstić information content (AvgIpc) is 2.27. The molecule has 0 saturated carbocycles. The van der Waals surface area contributed by atoms with Crippen LogP contribution in [0.2, 0.25) is 0 Å². The van der Waals surface area contributed by atoms with Crippen molar-refractivity contribution in [2.75, 3.05) is 13.7 Å². The number of hydrogen-bond acceptors (Lipinski definition) is 5. The Labute approximate surface area is 111 Å². The van der Waals surface area contributed by atoms with E-state index in [2.05, 4.69) is 0 Å². The summed E-state index contributed by atoms with van der Waals surface area (Å²) in [6.07, 6.45) is -0.402. The van der Waals surface area contributed by atoms with Crippen LogP contribution in [0.4, 0.5) is 0 Å². The van der Waals surface area contributed by atoms with Gasteiger partial charge in [0.05, 0.1) is 12.2 Å². The van der Waals surface area contributed by atoms with Gasteiger partial charge in [-0.05, 0) is 25.1 Å². The van der Waals surface area contributed by atoms with Crippen molar-refractivity contribution in [1.82, 2.24) is 0 Å². The van der Waals surface area contributed by atoms with E-state index in [1.54, 1.807) is 6.92 Å². The van der Waals surface area contributed by atoms with Gasteiger partial charge in [-0.2, -0.15) is 0 Å². The van der Waals surface area contributed by atoms with E-state index in [-0.39, 0.29) is 22.8 Å². The van der Waals surface area contributed by atoms with Crippen LogP contribution in [0.15, 0.2) is 23.1 Å². The number of nitrogens with two attached hydrogens (primary N) is 1. The second kappa shape index (κ2) is 6.00. The first-order valence-electron chi connectivity index (χ1n) is 5.31. The molecule has 3 N–H and O–H groups in total. The van der Waals surface area contributed by atoms with Crippen LogP contribution < -0.4 is 9.88 Å². The molecule has 0 heterocycles. The average molecular weight is 289 g/mol. The molecule has 0 radical (unpaired) electrons. The maximum absolute atomic E-state index is 11.4. The summed E-state index contributed by atoms with van der Waals surface area (Å²) in [7, 11) is -2.60. The first-order valence-corrected chi connectivity index (χ1v) is 6.86. The molecule has 1 aromatic carbocycles. The van der Waals surface area contributed by atoms with Crippen molar-refractivity contribution in [2.45, 2.75) is 17.9 Å². The molecule has 8 heteroatoms. The van der Waals surface area contributed by atoms with Crippen molar-refractivity contribution >= 4 is 16.0 Å². The van der Waals surface area contributed by atoms with Gasteiger partial charge in [0.2, 0.25) is 10.0 Å². The molecule has 0 aliphatic rings. The quantitative estimate of drug-likeness (QED) is 0.785. The maximum Gasteiger partial charge on any atom is 0.335 e. The van der Waals surface area contributed by atoms with Gasteiger partial charge < -0.3 is 14.6 Å². The van der Waals surface area contributed by atoms with Crippen LogP contribution in [0.1, 0.15) is 17.3 Å². The van der Waals surface area contributed by atoms with Crippen LogP contribution in [-0.2, 0) is 14.8 Å².